The van der Waals surface area contributed by atoms with Gasteiger partial charge in [-0.15, -0.1) is 0 Å². The molecule has 2 rings (SSSR count). The van der Waals surface area contributed by atoms with Crippen molar-refractivity contribution in [3.8, 4) is 0 Å². The zero-order valence-electron chi connectivity index (χ0n) is 7.72. The van der Waals surface area contributed by atoms with Crippen molar-refractivity contribution in [2.24, 2.45) is 5.73 Å². The van der Waals surface area contributed by atoms with Gasteiger partial charge in [-0.2, -0.15) is 0 Å². The maximum Gasteiger partial charge on any atom is 0.0303 e. The van der Waals surface area contributed by atoms with Gasteiger partial charge in [-0.25, -0.2) is 0 Å². The van der Waals surface area contributed by atoms with E-state index in [9.17, 15) is 0 Å². The highest BCUT2D eigenvalue weighted by atomic mass is 14.6. The largest absolute Gasteiger partial charge is 0.324 e. The summed E-state index contributed by atoms with van der Waals surface area (Å²) in [5.41, 5.74) is 11.7. The molecule has 0 fully saturated rings. The number of nitrogens with two attached hydrogens (primary N) is 1. The Hall–Kier alpha value is -0.820. The van der Waals surface area contributed by atoms with Crippen LogP contribution in [-0.4, -0.2) is 0 Å². The molecule has 0 saturated heterocycles. The van der Waals surface area contributed by atoms with Gasteiger partial charge in [0.1, 0.15) is 0 Å². The SMILES string of the molecule is Cc1ccc2c(c1C)[C@H](N)CC2. The van der Waals surface area contributed by atoms with Gasteiger partial charge < -0.3 is 5.73 Å². The van der Waals surface area contributed by atoms with Crippen LogP contribution in [-0.2, 0) is 6.42 Å². The van der Waals surface area contributed by atoms with Crippen LogP contribution in [0.25, 0.3) is 0 Å². The van der Waals surface area contributed by atoms with Crippen LogP contribution in [0.2, 0.25) is 0 Å². The first-order valence-electron chi connectivity index (χ1n) is 4.54. The van der Waals surface area contributed by atoms with Crippen molar-refractivity contribution in [2.45, 2.75) is 32.7 Å². The van der Waals surface area contributed by atoms with Crippen molar-refractivity contribution in [3.63, 3.8) is 0 Å². The molecule has 0 aromatic heterocycles. The summed E-state index contributed by atoms with van der Waals surface area (Å²) >= 11 is 0. The molecular weight excluding hydrogens is 146 g/mol. The Kier molecular flexibility index (Phi) is 1.69. The highest BCUT2D eigenvalue weighted by Gasteiger charge is 2.20. The number of aryl methyl sites for hydroxylation is 2. The fourth-order valence-corrected chi connectivity index (χ4v) is 2.08. The monoisotopic (exact) mass is 161 g/mol. The molecule has 1 aliphatic rings. The van der Waals surface area contributed by atoms with Gasteiger partial charge >= 0.3 is 0 Å². The van der Waals surface area contributed by atoms with Crippen molar-refractivity contribution >= 4 is 0 Å². The van der Waals surface area contributed by atoms with Gasteiger partial charge in [0.05, 0.1) is 0 Å². The average Bonchev–Trinajstić information content (AvgIpc) is 2.41. The molecule has 1 aromatic carbocycles. The first kappa shape index (κ1) is 7.81. The fourth-order valence-electron chi connectivity index (χ4n) is 2.08. The van der Waals surface area contributed by atoms with Crippen LogP contribution < -0.4 is 5.73 Å². The summed E-state index contributed by atoms with van der Waals surface area (Å²) in [4.78, 5) is 0. The van der Waals surface area contributed by atoms with E-state index in [0.29, 0.717) is 6.04 Å². The third-order valence-corrected chi connectivity index (χ3v) is 2.97. The van der Waals surface area contributed by atoms with Gasteiger partial charge in [-0.3, -0.25) is 0 Å². The Morgan fingerprint density at radius 3 is 2.83 bits per heavy atom. The molecule has 1 nitrogen and oxygen atoms in total. The van der Waals surface area contributed by atoms with Crippen LogP contribution in [0.4, 0.5) is 0 Å². The molecule has 1 heteroatoms. The van der Waals surface area contributed by atoms with Crippen LogP contribution in [0.1, 0.15) is 34.7 Å². The Morgan fingerprint density at radius 1 is 1.33 bits per heavy atom. The van der Waals surface area contributed by atoms with Crippen LogP contribution in [0.5, 0.6) is 0 Å². The Bertz CT molecular complexity index is 315. The van der Waals surface area contributed by atoms with Gasteiger partial charge in [0.15, 0.2) is 0 Å². The lowest BCUT2D eigenvalue weighted by atomic mass is 9.98. The Balaban J connectivity index is 2.63. The van der Waals surface area contributed by atoms with Crippen molar-refractivity contribution in [3.05, 3.63) is 34.4 Å². The smallest absolute Gasteiger partial charge is 0.0303 e. The number of fused-ring (bicyclic) bond motifs is 1. The van der Waals surface area contributed by atoms with Crippen LogP contribution in [0.3, 0.4) is 0 Å². The van der Waals surface area contributed by atoms with Crippen LogP contribution >= 0.6 is 0 Å². The highest BCUT2D eigenvalue weighted by molar-refractivity contribution is 5.44. The Morgan fingerprint density at radius 2 is 2.08 bits per heavy atom. The molecule has 1 atom stereocenters. The van der Waals surface area contributed by atoms with Gasteiger partial charge in [-0.1, -0.05) is 12.1 Å². The normalized spacial score (nSPS) is 21.1. The maximum atomic E-state index is 6.02. The number of benzene rings is 1. The van der Waals surface area contributed by atoms with Crippen molar-refractivity contribution in [1.29, 1.82) is 0 Å². The molecule has 2 N–H and O–H groups in total. The molecule has 12 heavy (non-hydrogen) atoms. The molecular formula is C11H15N. The van der Waals surface area contributed by atoms with E-state index in [2.05, 4.69) is 26.0 Å². The molecule has 0 amide bonds. The molecule has 0 unspecified atom stereocenters. The van der Waals surface area contributed by atoms with Gasteiger partial charge in [0.25, 0.3) is 0 Å². The summed E-state index contributed by atoms with van der Waals surface area (Å²) < 4.78 is 0. The van der Waals surface area contributed by atoms with Gasteiger partial charge in [0.2, 0.25) is 0 Å². The lowest BCUT2D eigenvalue weighted by Gasteiger charge is -2.10. The second-order valence-electron chi connectivity index (χ2n) is 3.73. The lowest BCUT2D eigenvalue weighted by Crippen LogP contribution is -2.07. The third kappa shape index (κ3) is 0.969. The first-order chi connectivity index (χ1) is 5.70. The lowest BCUT2D eigenvalue weighted by molar-refractivity contribution is 0.710. The molecule has 1 aromatic rings. The third-order valence-electron chi connectivity index (χ3n) is 2.97. The molecule has 0 aliphatic heterocycles. The maximum absolute atomic E-state index is 6.02. The fraction of sp³-hybridized carbons (Fsp3) is 0.455. The van der Waals surface area contributed by atoms with Crippen molar-refractivity contribution in [1.82, 2.24) is 0 Å². The number of hydrogen-bond acceptors (Lipinski definition) is 1. The minimum Gasteiger partial charge on any atom is -0.324 e. The van der Waals surface area contributed by atoms with Crippen LogP contribution in [0.15, 0.2) is 12.1 Å². The molecule has 0 saturated carbocycles. The first-order valence-corrected chi connectivity index (χ1v) is 4.54. The summed E-state index contributed by atoms with van der Waals surface area (Å²) in [7, 11) is 0. The van der Waals surface area contributed by atoms with E-state index in [-0.39, 0.29) is 0 Å². The summed E-state index contributed by atoms with van der Waals surface area (Å²) in [6.45, 7) is 4.33. The van der Waals surface area contributed by atoms with Crippen LogP contribution in [0, 0.1) is 13.8 Å². The summed E-state index contributed by atoms with van der Waals surface area (Å²) in [5, 5.41) is 0. The summed E-state index contributed by atoms with van der Waals surface area (Å²) in [6.07, 6.45) is 2.29. The highest BCUT2D eigenvalue weighted by Crippen LogP contribution is 2.32. The summed E-state index contributed by atoms with van der Waals surface area (Å²) in [5.74, 6) is 0. The average molecular weight is 161 g/mol. The quantitative estimate of drug-likeness (QED) is 0.620. The van der Waals surface area contributed by atoms with E-state index in [1.165, 1.54) is 22.3 Å². The van der Waals surface area contributed by atoms with E-state index >= 15 is 0 Å². The van der Waals surface area contributed by atoms with Crippen molar-refractivity contribution in [2.75, 3.05) is 0 Å². The van der Waals surface area contributed by atoms with E-state index in [4.69, 9.17) is 5.73 Å². The molecule has 0 spiro atoms. The zero-order valence-corrected chi connectivity index (χ0v) is 7.72. The zero-order chi connectivity index (χ0) is 8.72. The van der Waals surface area contributed by atoms with E-state index < -0.39 is 0 Å². The molecule has 0 bridgehead atoms. The van der Waals surface area contributed by atoms with E-state index in [1.807, 2.05) is 0 Å². The molecule has 1 aliphatic carbocycles. The number of hydrogen-bond donors (Lipinski definition) is 1. The van der Waals surface area contributed by atoms with E-state index in [0.717, 1.165) is 12.8 Å². The predicted molar refractivity (Wildman–Crippen MR) is 51.2 cm³/mol. The van der Waals surface area contributed by atoms with Gasteiger partial charge in [-0.05, 0) is 48.9 Å². The second-order valence-corrected chi connectivity index (χ2v) is 3.73. The molecule has 0 radical (unpaired) electrons. The Labute approximate surface area is 73.6 Å². The standard InChI is InChI=1S/C11H15N/c1-7-3-4-9-5-6-10(12)11(9)8(7)2/h3-4,10H,5-6,12H2,1-2H3/t10-/m1/s1. The minimum atomic E-state index is 0.292. The number of rotatable bonds is 0. The topological polar surface area (TPSA) is 26.0 Å². The van der Waals surface area contributed by atoms with Crippen molar-refractivity contribution < 1.29 is 0 Å². The van der Waals surface area contributed by atoms with E-state index in [1.54, 1.807) is 0 Å². The summed E-state index contributed by atoms with van der Waals surface area (Å²) in [6, 6.07) is 4.72. The predicted octanol–water partition coefficient (Wildman–Crippen LogP) is 2.25. The molecule has 0 heterocycles. The second kappa shape index (κ2) is 2.60. The minimum absolute atomic E-state index is 0.292. The van der Waals surface area contributed by atoms with Gasteiger partial charge in [0, 0.05) is 6.04 Å². The molecule has 64 valence electrons.